The van der Waals surface area contributed by atoms with Gasteiger partial charge in [0.25, 0.3) is 0 Å². The zero-order chi connectivity index (χ0) is 16.4. The topological polar surface area (TPSA) is 95.9 Å². The number of carbonyl (C=O) groups is 3. The van der Waals surface area contributed by atoms with Gasteiger partial charge in [-0.2, -0.15) is 0 Å². The molecule has 21 heavy (non-hydrogen) atoms. The van der Waals surface area contributed by atoms with Crippen molar-refractivity contribution in [2.45, 2.75) is 52.7 Å². The fraction of sp³-hybridized carbons (Fsp3) is 0.786. The van der Waals surface area contributed by atoms with Crippen molar-refractivity contribution in [1.82, 2.24) is 10.2 Å². The molecule has 7 nitrogen and oxygen atoms in total. The lowest BCUT2D eigenvalue weighted by Gasteiger charge is -2.26. The molecule has 0 aliphatic heterocycles. The number of nitrogens with one attached hydrogen (secondary N) is 1. The number of carbonyl (C=O) groups excluding carboxylic acids is 2. The van der Waals surface area contributed by atoms with Gasteiger partial charge in [0.2, 0.25) is 11.8 Å². The van der Waals surface area contributed by atoms with Gasteiger partial charge in [-0.1, -0.05) is 0 Å². The maximum atomic E-state index is 12.1. The molecule has 2 amide bonds. The molecule has 0 bridgehead atoms. The van der Waals surface area contributed by atoms with Gasteiger partial charge < -0.3 is 20.1 Å². The van der Waals surface area contributed by atoms with Crippen LogP contribution >= 0.6 is 0 Å². The predicted octanol–water partition coefficient (Wildman–Crippen LogP) is 0.629. The van der Waals surface area contributed by atoms with Crippen molar-refractivity contribution in [1.29, 1.82) is 0 Å². The van der Waals surface area contributed by atoms with E-state index >= 15 is 0 Å². The first-order chi connectivity index (χ1) is 9.75. The third kappa shape index (κ3) is 9.01. The van der Waals surface area contributed by atoms with Crippen LogP contribution in [0.4, 0.5) is 0 Å². The Kier molecular flexibility index (Phi) is 9.36. The molecule has 0 saturated heterocycles. The summed E-state index contributed by atoms with van der Waals surface area (Å²) < 4.78 is 5.35. The van der Waals surface area contributed by atoms with Gasteiger partial charge >= 0.3 is 5.97 Å². The first kappa shape index (κ1) is 19.4. The Balaban J connectivity index is 4.38. The van der Waals surface area contributed by atoms with Gasteiger partial charge in [-0.3, -0.25) is 9.59 Å². The Morgan fingerprint density at radius 2 is 1.86 bits per heavy atom. The van der Waals surface area contributed by atoms with Gasteiger partial charge in [0, 0.05) is 33.0 Å². The number of hydrogen-bond donors (Lipinski definition) is 2. The molecule has 0 aliphatic rings. The normalized spacial score (nSPS) is 12.0. The molecule has 0 radical (unpaired) electrons. The van der Waals surface area contributed by atoms with Crippen LogP contribution in [0.15, 0.2) is 0 Å². The summed E-state index contributed by atoms with van der Waals surface area (Å²) in [6.45, 7) is 7.53. The number of aliphatic carboxylic acids is 1. The molecule has 0 saturated carbocycles. The van der Waals surface area contributed by atoms with Gasteiger partial charge in [-0.05, 0) is 27.2 Å². The molecule has 0 aromatic carbocycles. The number of ether oxygens (including phenoxy) is 1. The van der Waals surface area contributed by atoms with Crippen LogP contribution in [0.5, 0.6) is 0 Å². The Morgan fingerprint density at radius 3 is 2.33 bits per heavy atom. The Bertz CT molecular complexity index is 357. The van der Waals surface area contributed by atoms with Crippen molar-refractivity contribution in [3.05, 3.63) is 0 Å². The number of carboxylic acid groups (broad SMARTS) is 1. The summed E-state index contributed by atoms with van der Waals surface area (Å²) in [5.41, 5.74) is 0. The molecular formula is C14H26N2O5. The van der Waals surface area contributed by atoms with E-state index in [-0.39, 0.29) is 37.4 Å². The average Bonchev–Trinajstić information content (AvgIpc) is 2.38. The summed E-state index contributed by atoms with van der Waals surface area (Å²) in [4.78, 5) is 35.3. The second kappa shape index (κ2) is 10.1. The standard InChI is InChI=1S/C14H26N2O5/c1-10(2)21-9-5-6-13(18)16(11(3)14(19)20)8-7-15-12(4)17/h10-11H,5-9H2,1-4H3,(H,15,17)(H,19,20). The summed E-state index contributed by atoms with van der Waals surface area (Å²) in [6, 6.07) is -0.919. The highest BCUT2D eigenvalue weighted by molar-refractivity contribution is 5.83. The van der Waals surface area contributed by atoms with E-state index < -0.39 is 12.0 Å². The zero-order valence-electron chi connectivity index (χ0n) is 13.2. The lowest BCUT2D eigenvalue weighted by Crippen LogP contribution is -2.46. The molecule has 1 atom stereocenters. The van der Waals surface area contributed by atoms with E-state index in [9.17, 15) is 14.4 Å². The minimum absolute atomic E-state index is 0.105. The van der Waals surface area contributed by atoms with Gasteiger partial charge in [-0.15, -0.1) is 0 Å². The molecule has 7 heteroatoms. The van der Waals surface area contributed by atoms with Crippen LogP contribution in [0.1, 0.15) is 40.5 Å². The van der Waals surface area contributed by atoms with Crippen molar-refractivity contribution in [3.8, 4) is 0 Å². The Hall–Kier alpha value is -1.63. The summed E-state index contributed by atoms with van der Waals surface area (Å²) >= 11 is 0. The largest absolute Gasteiger partial charge is 0.480 e. The van der Waals surface area contributed by atoms with Crippen LogP contribution < -0.4 is 5.32 Å². The maximum absolute atomic E-state index is 12.1. The minimum Gasteiger partial charge on any atom is -0.480 e. The van der Waals surface area contributed by atoms with Crippen molar-refractivity contribution >= 4 is 17.8 Å². The van der Waals surface area contributed by atoms with Crippen LogP contribution in [0.2, 0.25) is 0 Å². The Labute approximate surface area is 125 Å². The molecule has 0 aromatic heterocycles. The Morgan fingerprint density at radius 1 is 1.24 bits per heavy atom. The molecule has 0 rings (SSSR count). The van der Waals surface area contributed by atoms with E-state index in [1.54, 1.807) is 0 Å². The number of carboxylic acids is 1. The molecule has 0 heterocycles. The third-order valence-corrected chi connectivity index (χ3v) is 2.86. The minimum atomic E-state index is -1.07. The van der Waals surface area contributed by atoms with Gasteiger partial charge in [0.15, 0.2) is 0 Å². The zero-order valence-corrected chi connectivity index (χ0v) is 13.2. The highest BCUT2D eigenvalue weighted by atomic mass is 16.5. The molecule has 0 aromatic rings. The number of amides is 2. The molecule has 0 spiro atoms. The summed E-state index contributed by atoms with van der Waals surface area (Å²) in [5, 5.41) is 11.6. The van der Waals surface area contributed by atoms with Crippen LogP contribution in [0.25, 0.3) is 0 Å². The first-order valence-corrected chi connectivity index (χ1v) is 7.14. The molecule has 122 valence electrons. The third-order valence-electron chi connectivity index (χ3n) is 2.86. The second-order valence-electron chi connectivity index (χ2n) is 5.11. The van der Waals surface area contributed by atoms with Crippen LogP contribution in [0, 0.1) is 0 Å². The average molecular weight is 302 g/mol. The summed E-state index contributed by atoms with van der Waals surface area (Å²) in [5.74, 6) is -1.53. The van der Waals surface area contributed by atoms with Gasteiger partial charge in [0.1, 0.15) is 6.04 Å². The molecular weight excluding hydrogens is 276 g/mol. The predicted molar refractivity (Wildman–Crippen MR) is 77.8 cm³/mol. The highest BCUT2D eigenvalue weighted by Gasteiger charge is 2.24. The van der Waals surface area contributed by atoms with Crippen molar-refractivity contribution in [3.63, 3.8) is 0 Å². The van der Waals surface area contributed by atoms with Crippen LogP contribution in [-0.4, -0.2) is 59.6 Å². The molecule has 0 aliphatic carbocycles. The van der Waals surface area contributed by atoms with E-state index in [0.29, 0.717) is 13.0 Å². The van der Waals surface area contributed by atoms with Gasteiger partial charge in [0.05, 0.1) is 6.10 Å². The number of rotatable bonds is 10. The highest BCUT2D eigenvalue weighted by Crippen LogP contribution is 2.05. The van der Waals surface area contributed by atoms with E-state index in [0.717, 1.165) is 0 Å². The van der Waals surface area contributed by atoms with E-state index in [1.165, 1.54) is 18.7 Å². The number of hydrogen-bond acceptors (Lipinski definition) is 4. The summed E-state index contributed by atoms with van der Waals surface area (Å²) in [6.07, 6.45) is 0.874. The van der Waals surface area contributed by atoms with Crippen molar-refractivity contribution < 1.29 is 24.2 Å². The molecule has 1 unspecified atom stereocenters. The smallest absolute Gasteiger partial charge is 0.326 e. The second-order valence-corrected chi connectivity index (χ2v) is 5.11. The fourth-order valence-electron chi connectivity index (χ4n) is 1.71. The maximum Gasteiger partial charge on any atom is 0.326 e. The van der Waals surface area contributed by atoms with Crippen molar-refractivity contribution in [2.24, 2.45) is 0 Å². The lowest BCUT2D eigenvalue weighted by molar-refractivity contribution is -0.149. The monoisotopic (exact) mass is 302 g/mol. The van der Waals surface area contributed by atoms with Crippen LogP contribution in [-0.2, 0) is 19.1 Å². The SMILES string of the molecule is CC(=O)NCCN(C(=O)CCCOC(C)C)C(C)C(=O)O. The van der Waals surface area contributed by atoms with Crippen LogP contribution in [0.3, 0.4) is 0 Å². The first-order valence-electron chi connectivity index (χ1n) is 7.14. The summed E-state index contributed by atoms with van der Waals surface area (Å²) in [7, 11) is 0. The van der Waals surface area contributed by atoms with E-state index in [4.69, 9.17) is 9.84 Å². The van der Waals surface area contributed by atoms with Crippen molar-refractivity contribution in [2.75, 3.05) is 19.7 Å². The fourth-order valence-corrected chi connectivity index (χ4v) is 1.71. The number of nitrogens with zero attached hydrogens (tertiary/aromatic N) is 1. The van der Waals surface area contributed by atoms with E-state index in [2.05, 4.69) is 5.32 Å². The van der Waals surface area contributed by atoms with Gasteiger partial charge in [-0.25, -0.2) is 4.79 Å². The molecule has 2 N–H and O–H groups in total. The van der Waals surface area contributed by atoms with E-state index in [1.807, 2.05) is 13.8 Å². The molecule has 0 fully saturated rings. The lowest BCUT2D eigenvalue weighted by atomic mass is 10.2. The quantitative estimate of drug-likeness (QED) is 0.577.